The van der Waals surface area contributed by atoms with Gasteiger partial charge in [0.15, 0.2) is 6.61 Å². The lowest BCUT2D eigenvalue weighted by Crippen LogP contribution is -2.30. The first-order valence-electron chi connectivity index (χ1n) is 9.94. The highest BCUT2D eigenvalue weighted by atomic mass is 16.5. The molecule has 29 heavy (non-hydrogen) atoms. The minimum absolute atomic E-state index is 0.0826. The van der Waals surface area contributed by atoms with Crippen LogP contribution in [0.15, 0.2) is 54.6 Å². The van der Waals surface area contributed by atoms with E-state index in [0.717, 1.165) is 35.6 Å². The lowest BCUT2D eigenvalue weighted by Gasteiger charge is -2.28. The summed E-state index contributed by atoms with van der Waals surface area (Å²) < 4.78 is 10.9. The fourth-order valence-electron chi connectivity index (χ4n) is 3.54. The third-order valence-electron chi connectivity index (χ3n) is 5.08. The van der Waals surface area contributed by atoms with Crippen LogP contribution in [0.5, 0.6) is 11.5 Å². The summed E-state index contributed by atoms with van der Waals surface area (Å²) >= 11 is 0. The van der Waals surface area contributed by atoms with E-state index in [-0.39, 0.29) is 12.5 Å². The fourth-order valence-corrected chi connectivity index (χ4v) is 3.54. The molecule has 0 radical (unpaired) electrons. The summed E-state index contributed by atoms with van der Waals surface area (Å²) in [5.74, 6) is 2.10. The molecule has 1 N–H and O–H groups in total. The van der Waals surface area contributed by atoms with Crippen LogP contribution in [0.1, 0.15) is 19.3 Å². The highest BCUT2D eigenvalue weighted by Gasteiger charge is 2.14. The number of benzene rings is 2. The predicted molar refractivity (Wildman–Crippen MR) is 115 cm³/mol. The molecule has 2 aromatic carbocycles. The van der Waals surface area contributed by atoms with E-state index in [9.17, 15) is 4.79 Å². The number of hydrogen-bond acceptors (Lipinski definition) is 5. The number of nitrogens with zero attached hydrogens (tertiary/aromatic N) is 2. The van der Waals surface area contributed by atoms with Crippen molar-refractivity contribution in [2.75, 3.05) is 37.0 Å². The Morgan fingerprint density at radius 2 is 1.83 bits per heavy atom. The molecule has 2 heterocycles. The van der Waals surface area contributed by atoms with Crippen LogP contribution in [-0.4, -0.2) is 37.7 Å². The Morgan fingerprint density at radius 1 is 1.03 bits per heavy atom. The monoisotopic (exact) mass is 391 g/mol. The topological polar surface area (TPSA) is 63.7 Å². The Labute approximate surface area is 170 Å². The number of para-hydroxylation sites is 1. The third-order valence-corrected chi connectivity index (χ3v) is 5.08. The van der Waals surface area contributed by atoms with Crippen LogP contribution >= 0.6 is 0 Å². The number of methoxy groups -OCH3 is 1. The standard InChI is InChI=1S/C23H25N3O3/c1-28-19-11-9-18(10-12-19)24-22(27)16-29-20-7-5-6-17-8-13-21(25-23(17)20)26-14-3-2-4-15-26/h5-13H,2-4,14-16H2,1H3,(H,24,27). The van der Waals surface area contributed by atoms with E-state index in [2.05, 4.69) is 22.3 Å². The van der Waals surface area contributed by atoms with Crippen LogP contribution in [-0.2, 0) is 4.79 Å². The second-order valence-corrected chi connectivity index (χ2v) is 7.11. The third kappa shape index (κ3) is 4.59. The molecule has 0 aliphatic carbocycles. The summed E-state index contributed by atoms with van der Waals surface area (Å²) in [7, 11) is 1.61. The minimum atomic E-state index is -0.223. The van der Waals surface area contributed by atoms with Gasteiger partial charge >= 0.3 is 0 Å². The van der Waals surface area contributed by atoms with Crippen molar-refractivity contribution < 1.29 is 14.3 Å². The average Bonchev–Trinajstić information content (AvgIpc) is 2.78. The van der Waals surface area contributed by atoms with Crippen LogP contribution in [0.25, 0.3) is 10.9 Å². The van der Waals surface area contributed by atoms with Crippen molar-refractivity contribution in [1.82, 2.24) is 4.98 Å². The van der Waals surface area contributed by atoms with Gasteiger partial charge in [-0.25, -0.2) is 4.98 Å². The molecule has 0 saturated carbocycles. The van der Waals surface area contributed by atoms with Gasteiger partial charge in [-0.1, -0.05) is 12.1 Å². The van der Waals surface area contributed by atoms with Gasteiger partial charge in [0.2, 0.25) is 0 Å². The highest BCUT2D eigenvalue weighted by Crippen LogP contribution is 2.27. The molecule has 1 aromatic heterocycles. The van der Waals surface area contributed by atoms with Gasteiger partial charge in [0.25, 0.3) is 5.91 Å². The Kier molecular flexibility index (Phi) is 5.79. The number of piperidine rings is 1. The smallest absolute Gasteiger partial charge is 0.262 e. The summed E-state index contributed by atoms with van der Waals surface area (Å²) in [6, 6.07) is 17.1. The Balaban J connectivity index is 1.45. The molecule has 1 saturated heterocycles. The fraction of sp³-hybridized carbons (Fsp3) is 0.304. The molecule has 3 aromatic rings. The second kappa shape index (κ2) is 8.82. The van der Waals surface area contributed by atoms with Crippen LogP contribution in [0, 0.1) is 0 Å². The molecule has 0 unspecified atom stereocenters. The second-order valence-electron chi connectivity index (χ2n) is 7.11. The van der Waals surface area contributed by atoms with Crippen LogP contribution in [0.2, 0.25) is 0 Å². The quantitative estimate of drug-likeness (QED) is 0.681. The normalized spacial score (nSPS) is 13.9. The van der Waals surface area contributed by atoms with Crippen molar-refractivity contribution in [3.8, 4) is 11.5 Å². The number of anilines is 2. The van der Waals surface area contributed by atoms with Crippen LogP contribution < -0.4 is 19.7 Å². The first-order valence-corrected chi connectivity index (χ1v) is 9.94. The molecule has 6 heteroatoms. The Morgan fingerprint density at radius 3 is 2.59 bits per heavy atom. The molecule has 1 fully saturated rings. The van der Waals surface area contributed by atoms with Gasteiger partial charge in [-0.2, -0.15) is 0 Å². The summed E-state index contributed by atoms with van der Waals surface area (Å²) in [4.78, 5) is 19.4. The van der Waals surface area contributed by atoms with Gasteiger partial charge < -0.3 is 19.7 Å². The van der Waals surface area contributed by atoms with Crippen LogP contribution in [0.4, 0.5) is 11.5 Å². The molecular weight excluding hydrogens is 366 g/mol. The SMILES string of the molecule is COc1ccc(NC(=O)COc2cccc3ccc(N4CCCCC4)nc23)cc1. The minimum Gasteiger partial charge on any atom is -0.497 e. The van der Waals surface area contributed by atoms with E-state index in [0.29, 0.717) is 11.4 Å². The summed E-state index contributed by atoms with van der Waals surface area (Å²) in [5, 5.41) is 3.83. The molecule has 4 rings (SSSR count). The number of rotatable bonds is 6. The molecule has 1 aliphatic heterocycles. The number of carbonyl (C=O) groups is 1. The molecule has 6 nitrogen and oxygen atoms in total. The van der Waals surface area contributed by atoms with Crippen molar-refractivity contribution in [3.63, 3.8) is 0 Å². The van der Waals surface area contributed by atoms with Crippen molar-refractivity contribution in [2.24, 2.45) is 0 Å². The van der Waals surface area contributed by atoms with Crippen molar-refractivity contribution in [2.45, 2.75) is 19.3 Å². The molecule has 150 valence electrons. The van der Waals surface area contributed by atoms with E-state index in [1.807, 2.05) is 18.2 Å². The zero-order valence-corrected chi connectivity index (χ0v) is 16.6. The summed E-state index contributed by atoms with van der Waals surface area (Å²) in [5.41, 5.74) is 1.48. The largest absolute Gasteiger partial charge is 0.497 e. The van der Waals surface area contributed by atoms with Gasteiger partial charge in [-0.05, 0) is 61.7 Å². The number of carbonyl (C=O) groups excluding carboxylic acids is 1. The molecule has 1 amide bonds. The van der Waals surface area contributed by atoms with E-state index >= 15 is 0 Å². The lowest BCUT2D eigenvalue weighted by molar-refractivity contribution is -0.118. The van der Waals surface area contributed by atoms with Crippen molar-refractivity contribution >= 4 is 28.3 Å². The maximum Gasteiger partial charge on any atom is 0.262 e. The van der Waals surface area contributed by atoms with Gasteiger partial charge in [0.05, 0.1) is 7.11 Å². The molecular formula is C23H25N3O3. The number of pyridine rings is 1. The highest BCUT2D eigenvalue weighted by molar-refractivity contribution is 5.92. The molecule has 0 atom stereocenters. The van der Waals surface area contributed by atoms with Crippen molar-refractivity contribution in [1.29, 1.82) is 0 Å². The van der Waals surface area contributed by atoms with Gasteiger partial charge in [0.1, 0.15) is 22.8 Å². The molecule has 0 spiro atoms. The maximum absolute atomic E-state index is 12.3. The van der Waals surface area contributed by atoms with E-state index in [1.54, 1.807) is 31.4 Å². The predicted octanol–water partition coefficient (Wildman–Crippen LogP) is 4.25. The number of nitrogens with one attached hydrogen (secondary N) is 1. The van der Waals surface area contributed by atoms with Crippen LogP contribution in [0.3, 0.4) is 0 Å². The average molecular weight is 391 g/mol. The number of fused-ring (bicyclic) bond motifs is 1. The molecule has 0 bridgehead atoms. The number of ether oxygens (including phenoxy) is 2. The van der Waals surface area contributed by atoms with E-state index < -0.39 is 0 Å². The number of aromatic nitrogens is 1. The zero-order chi connectivity index (χ0) is 20.1. The zero-order valence-electron chi connectivity index (χ0n) is 16.6. The van der Waals surface area contributed by atoms with Gasteiger partial charge in [0, 0.05) is 24.2 Å². The lowest BCUT2D eigenvalue weighted by atomic mass is 10.1. The Bertz CT molecular complexity index is 982. The van der Waals surface area contributed by atoms with E-state index in [4.69, 9.17) is 14.5 Å². The summed E-state index contributed by atoms with van der Waals surface area (Å²) in [6.07, 6.45) is 3.68. The van der Waals surface area contributed by atoms with Gasteiger partial charge in [-0.3, -0.25) is 4.79 Å². The van der Waals surface area contributed by atoms with E-state index in [1.165, 1.54) is 19.3 Å². The molecule has 1 aliphatic rings. The first-order chi connectivity index (χ1) is 14.2. The number of hydrogen-bond donors (Lipinski definition) is 1. The van der Waals surface area contributed by atoms with Crippen molar-refractivity contribution in [3.05, 3.63) is 54.6 Å². The maximum atomic E-state index is 12.3. The Hall–Kier alpha value is -3.28. The number of amides is 1. The first kappa shape index (κ1) is 19.1. The van der Waals surface area contributed by atoms with Gasteiger partial charge in [-0.15, -0.1) is 0 Å². The summed E-state index contributed by atoms with van der Waals surface area (Å²) in [6.45, 7) is 1.98.